The topological polar surface area (TPSA) is 29.9 Å². The van der Waals surface area contributed by atoms with E-state index in [4.69, 9.17) is 11.6 Å². The number of halogens is 1. The molecule has 0 saturated heterocycles. The van der Waals surface area contributed by atoms with Gasteiger partial charge in [0, 0.05) is 7.05 Å². The van der Waals surface area contributed by atoms with Gasteiger partial charge in [-0.2, -0.15) is 5.10 Å². The molecular weight excluding hydrogens is 270 g/mol. The molecule has 1 unspecified atom stereocenters. The molecule has 1 aromatic carbocycles. The number of benzene rings is 1. The van der Waals surface area contributed by atoms with Crippen molar-refractivity contribution < 1.29 is 0 Å². The lowest BCUT2D eigenvalue weighted by atomic mass is 9.94. The fourth-order valence-electron chi connectivity index (χ4n) is 2.63. The average Bonchev–Trinajstić information content (AvgIpc) is 2.67. The SMILES string of the molecule is CNCC(Cc1ccccc1)Cc1c(Cl)c(C)nn1C. The van der Waals surface area contributed by atoms with E-state index in [1.54, 1.807) is 0 Å². The maximum atomic E-state index is 6.36. The Morgan fingerprint density at radius 3 is 2.50 bits per heavy atom. The van der Waals surface area contributed by atoms with Crippen molar-refractivity contribution in [2.75, 3.05) is 13.6 Å². The van der Waals surface area contributed by atoms with Crippen molar-refractivity contribution in [3.8, 4) is 0 Å². The van der Waals surface area contributed by atoms with E-state index in [1.165, 1.54) is 5.56 Å². The first kappa shape index (κ1) is 15.1. The van der Waals surface area contributed by atoms with Crippen molar-refractivity contribution in [3.63, 3.8) is 0 Å². The predicted octanol–water partition coefficient (Wildman–Crippen LogP) is 3.00. The number of hydrogen-bond acceptors (Lipinski definition) is 2. The second-order valence-electron chi connectivity index (χ2n) is 5.29. The van der Waals surface area contributed by atoms with Crippen molar-refractivity contribution in [3.05, 3.63) is 52.3 Å². The van der Waals surface area contributed by atoms with E-state index in [2.05, 4.69) is 40.7 Å². The van der Waals surface area contributed by atoms with Crippen molar-refractivity contribution in [1.29, 1.82) is 0 Å². The van der Waals surface area contributed by atoms with E-state index < -0.39 is 0 Å². The van der Waals surface area contributed by atoms with Gasteiger partial charge < -0.3 is 5.32 Å². The Bertz CT molecular complexity index is 548. The van der Waals surface area contributed by atoms with Crippen molar-refractivity contribution in [2.24, 2.45) is 13.0 Å². The molecule has 4 heteroatoms. The quantitative estimate of drug-likeness (QED) is 0.887. The number of hydrogen-bond donors (Lipinski definition) is 1. The van der Waals surface area contributed by atoms with Gasteiger partial charge in [-0.3, -0.25) is 4.68 Å². The summed E-state index contributed by atoms with van der Waals surface area (Å²) in [5, 5.41) is 8.48. The summed E-state index contributed by atoms with van der Waals surface area (Å²) in [6, 6.07) is 10.6. The number of aromatic nitrogens is 2. The van der Waals surface area contributed by atoms with Crippen LogP contribution in [0.3, 0.4) is 0 Å². The summed E-state index contributed by atoms with van der Waals surface area (Å²) in [4.78, 5) is 0. The number of aryl methyl sites for hydroxylation is 2. The van der Waals surface area contributed by atoms with Crippen LogP contribution in [0.15, 0.2) is 30.3 Å². The first-order chi connectivity index (χ1) is 9.61. The summed E-state index contributed by atoms with van der Waals surface area (Å²) in [6.45, 7) is 2.92. The van der Waals surface area contributed by atoms with Crippen LogP contribution < -0.4 is 5.32 Å². The molecule has 0 bridgehead atoms. The Balaban J connectivity index is 2.13. The summed E-state index contributed by atoms with van der Waals surface area (Å²) in [6.07, 6.45) is 1.98. The molecule has 0 radical (unpaired) electrons. The van der Waals surface area contributed by atoms with Gasteiger partial charge in [0.25, 0.3) is 0 Å². The second-order valence-corrected chi connectivity index (χ2v) is 5.67. The van der Waals surface area contributed by atoms with E-state index in [1.807, 2.05) is 25.7 Å². The van der Waals surface area contributed by atoms with E-state index in [-0.39, 0.29) is 0 Å². The summed E-state index contributed by atoms with van der Waals surface area (Å²) in [5.74, 6) is 0.509. The highest BCUT2D eigenvalue weighted by Gasteiger charge is 2.17. The maximum absolute atomic E-state index is 6.36. The minimum atomic E-state index is 0.509. The molecular formula is C16H22ClN3. The monoisotopic (exact) mass is 291 g/mol. The van der Waals surface area contributed by atoms with Crippen LogP contribution in [0.1, 0.15) is 17.0 Å². The van der Waals surface area contributed by atoms with Crippen LogP contribution >= 0.6 is 11.6 Å². The van der Waals surface area contributed by atoms with Gasteiger partial charge >= 0.3 is 0 Å². The normalized spacial score (nSPS) is 12.6. The Morgan fingerprint density at radius 2 is 1.95 bits per heavy atom. The van der Waals surface area contributed by atoms with Gasteiger partial charge in [0.2, 0.25) is 0 Å². The first-order valence-electron chi connectivity index (χ1n) is 6.98. The molecule has 1 heterocycles. The third-order valence-corrected chi connectivity index (χ3v) is 4.10. The van der Waals surface area contributed by atoms with Gasteiger partial charge in [-0.15, -0.1) is 0 Å². The molecule has 2 rings (SSSR count). The second kappa shape index (κ2) is 6.91. The van der Waals surface area contributed by atoms with Crippen LogP contribution in [0.25, 0.3) is 0 Å². The fraction of sp³-hybridized carbons (Fsp3) is 0.438. The van der Waals surface area contributed by atoms with Gasteiger partial charge in [0.15, 0.2) is 0 Å². The molecule has 0 aliphatic heterocycles. The Morgan fingerprint density at radius 1 is 1.25 bits per heavy atom. The molecule has 0 saturated carbocycles. The van der Waals surface area contributed by atoms with Crippen LogP contribution in [0, 0.1) is 12.8 Å². The largest absolute Gasteiger partial charge is 0.319 e. The maximum Gasteiger partial charge on any atom is 0.0847 e. The van der Waals surface area contributed by atoms with Crippen LogP contribution in [0.5, 0.6) is 0 Å². The smallest absolute Gasteiger partial charge is 0.0847 e. The fourth-order valence-corrected chi connectivity index (χ4v) is 2.87. The van der Waals surface area contributed by atoms with Gasteiger partial charge in [-0.05, 0) is 44.8 Å². The highest BCUT2D eigenvalue weighted by Crippen LogP contribution is 2.23. The zero-order valence-electron chi connectivity index (χ0n) is 12.4. The van der Waals surface area contributed by atoms with Crippen molar-refractivity contribution in [2.45, 2.75) is 19.8 Å². The zero-order chi connectivity index (χ0) is 14.5. The Labute approximate surface area is 126 Å². The first-order valence-corrected chi connectivity index (χ1v) is 7.36. The molecule has 0 spiro atoms. The number of nitrogens with one attached hydrogen (secondary N) is 1. The van der Waals surface area contributed by atoms with Crippen LogP contribution in [0.2, 0.25) is 5.02 Å². The molecule has 0 aliphatic rings. The number of rotatable bonds is 6. The minimum absolute atomic E-state index is 0.509. The van der Waals surface area contributed by atoms with Crippen LogP contribution in [-0.2, 0) is 19.9 Å². The highest BCUT2D eigenvalue weighted by molar-refractivity contribution is 6.31. The minimum Gasteiger partial charge on any atom is -0.319 e. The molecule has 2 aromatic rings. The molecule has 0 amide bonds. The van der Waals surface area contributed by atoms with Gasteiger partial charge in [-0.25, -0.2) is 0 Å². The molecule has 1 atom stereocenters. The van der Waals surface area contributed by atoms with E-state index in [0.717, 1.165) is 35.8 Å². The van der Waals surface area contributed by atoms with Gasteiger partial charge in [-0.1, -0.05) is 41.9 Å². The highest BCUT2D eigenvalue weighted by atomic mass is 35.5. The molecule has 3 nitrogen and oxygen atoms in total. The molecule has 0 fully saturated rings. The van der Waals surface area contributed by atoms with Crippen molar-refractivity contribution in [1.82, 2.24) is 15.1 Å². The summed E-state index contributed by atoms with van der Waals surface area (Å²) in [5.41, 5.74) is 3.40. The predicted molar refractivity (Wildman–Crippen MR) is 84.2 cm³/mol. The lowest BCUT2D eigenvalue weighted by Crippen LogP contribution is -2.23. The lowest BCUT2D eigenvalue weighted by molar-refractivity contribution is 0.477. The average molecular weight is 292 g/mol. The molecule has 20 heavy (non-hydrogen) atoms. The molecule has 0 aliphatic carbocycles. The third kappa shape index (κ3) is 3.62. The van der Waals surface area contributed by atoms with Gasteiger partial charge in [0.05, 0.1) is 16.4 Å². The molecule has 108 valence electrons. The van der Waals surface area contributed by atoms with Crippen LogP contribution in [0.4, 0.5) is 0 Å². The third-order valence-electron chi connectivity index (χ3n) is 3.60. The van der Waals surface area contributed by atoms with E-state index >= 15 is 0 Å². The number of nitrogens with zero attached hydrogens (tertiary/aromatic N) is 2. The molecule has 1 N–H and O–H groups in total. The Hall–Kier alpha value is -1.32. The van der Waals surface area contributed by atoms with E-state index in [9.17, 15) is 0 Å². The van der Waals surface area contributed by atoms with Crippen molar-refractivity contribution >= 4 is 11.6 Å². The Kier molecular flexibility index (Phi) is 5.21. The summed E-state index contributed by atoms with van der Waals surface area (Å²) >= 11 is 6.36. The standard InChI is InChI=1S/C16H22ClN3/c1-12-16(17)15(20(3)19-12)10-14(11-18-2)9-13-7-5-4-6-8-13/h4-8,14,18H,9-11H2,1-3H3. The summed E-state index contributed by atoms with van der Waals surface area (Å²) in [7, 11) is 3.96. The molecule has 1 aromatic heterocycles. The van der Waals surface area contributed by atoms with Crippen LogP contribution in [-0.4, -0.2) is 23.4 Å². The summed E-state index contributed by atoms with van der Waals surface area (Å²) < 4.78 is 1.91. The zero-order valence-corrected chi connectivity index (χ0v) is 13.1. The van der Waals surface area contributed by atoms with E-state index in [0.29, 0.717) is 5.92 Å². The lowest BCUT2D eigenvalue weighted by Gasteiger charge is -2.17. The van der Waals surface area contributed by atoms with Gasteiger partial charge in [0.1, 0.15) is 0 Å².